The highest BCUT2D eigenvalue weighted by molar-refractivity contribution is 7.89. The van der Waals surface area contributed by atoms with Gasteiger partial charge in [-0.15, -0.1) is 0 Å². The van der Waals surface area contributed by atoms with Gasteiger partial charge < -0.3 is 5.32 Å². The zero-order chi connectivity index (χ0) is 21.9. The Labute approximate surface area is 182 Å². The van der Waals surface area contributed by atoms with Gasteiger partial charge in [0.1, 0.15) is 5.82 Å². The van der Waals surface area contributed by atoms with Crippen LogP contribution in [-0.4, -0.2) is 31.7 Å². The molecule has 2 aromatic rings. The first-order valence-electron chi connectivity index (χ1n) is 10.1. The van der Waals surface area contributed by atoms with Crippen LogP contribution in [0.15, 0.2) is 47.4 Å². The normalized spacial score (nSPS) is 16.9. The van der Waals surface area contributed by atoms with Crippen molar-refractivity contribution in [2.45, 2.75) is 44.0 Å². The number of sulfonamides is 1. The number of nitrogens with zero attached hydrogens (tertiary/aromatic N) is 1. The van der Waals surface area contributed by atoms with E-state index in [0.29, 0.717) is 12.8 Å². The Morgan fingerprint density at radius 2 is 1.83 bits per heavy atom. The number of hydrogen-bond acceptors (Lipinski definition) is 3. The zero-order valence-corrected chi connectivity index (χ0v) is 18.6. The molecule has 162 valence electrons. The summed E-state index contributed by atoms with van der Waals surface area (Å²) < 4.78 is 40.2. The molecule has 5 nitrogen and oxygen atoms in total. The van der Waals surface area contributed by atoms with Crippen molar-refractivity contribution in [2.24, 2.45) is 5.92 Å². The highest BCUT2D eigenvalue weighted by Crippen LogP contribution is 2.27. The van der Waals surface area contributed by atoms with Crippen LogP contribution >= 0.6 is 11.6 Å². The minimum atomic E-state index is -3.77. The van der Waals surface area contributed by atoms with Gasteiger partial charge in [-0.25, -0.2) is 12.8 Å². The molecule has 1 amide bonds. The van der Waals surface area contributed by atoms with Crippen molar-refractivity contribution in [3.05, 3.63) is 64.4 Å². The van der Waals surface area contributed by atoms with Gasteiger partial charge in [0.05, 0.1) is 16.0 Å². The first-order valence-corrected chi connectivity index (χ1v) is 11.9. The van der Waals surface area contributed by atoms with Crippen molar-refractivity contribution in [1.82, 2.24) is 9.62 Å². The second-order valence-corrected chi connectivity index (χ2v) is 9.92. The van der Waals surface area contributed by atoms with Gasteiger partial charge in [-0.1, -0.05) is 42.8 Å². The van der Waals surface area contributed by atoms with Crippen molar-refractivity contribution >= 4 is 27.5 Å². The van der Waals surface area contributed by atoms with Gasteiger partial charge in [-0.05, 0) is 55.5 Å². The van der Waals surface area contributed by atoms with E-state index in [0.717, 1.165) is 24.1 Å². The van der Waals surface area contributed by atoms with E-state index in [1.54, 1.807) is 0 Å². The molecule has 1 N–H and O–H groups in total. The molecule has 0 radical (unpaired) electrons. The molecule has 1 saturated heterocycles. The van der Waals surface area contributed by atoms with Gasteiger partial charge in [0.15, 0.2) is 0 Å². The summed E-state index contributed by atoms with van der Waals surface area (Å²) in [6.45, 7) is 4.50. The lowest BCUT2D eigenvalue weighted by Gasteiger charge is -2.31. The summed E-state index contributed by atoms with van der Waals surface area (Å²) >= 11 is 5.73. The van der Waals surface area contributed by atoms with E-state index in [9.17, 15) is 17.6 Å². The van der Waals surface area contributed by atoms with Crippen molar-refractivity contribution < 1.29 is 17.6 Å². The highest BCUT2D eigenvalue weighted by Gasteiger charge is 2.32. The molecule has 1 fully saturated rings. The molecule has 8 heteroatoms. The van der Waals surface area contributed by atoms with E-state index < -0.39 is 15.8 Å². The second-order valence-electron chi connectivity index (χ2n) is 7.58. The van der Waals surface area contributed by atoms with Crippen LogP contribution in [0.25, 0.3) is 0 Å². The maximum Gasteiger partial charge on any atom is 0.243 e. The van der Waals surface area contributed by atoms with Gasteiger partial charge in [0.25, 0.3) is 0 Å². The molecule has 1 aliphatic heterocycles. The summed E-state index contributed by atoms with van der Waals surface area (Å²) in [5, 5.41) is 2.81. The number of amides is 1. The summed E-state index contributed by atoms with van der Waals surface area (Å²) in [6.07, 6.45) is 1.83. The number of halogens is 2. The molecular weight excluding hydrogens is 427 g/mol. The molecule has 1 atom stereocenters. The van der Waals surface area contributed by atoms with Crippen molar-refractivity contribution in [3.63, 3.8) is 0 Å². The largest absolute Gasteiger partial charge is 0.349 e. The van der Waals surface area contributed by atoms with Gasteiger partial charge in [-0.2, -0.15) is 4.31 Å². The lowest BCUT2D eigenvalue weighted by molar-refractivity contribution is -0.126. The molecule has 30 heavy (non-hydrogen) atoms. The zero-order valence-electron chi connectivity index (χ0n) is 17.1. The number of piperidine rings is 1. The molecule has 0 aromatic heterocycles. The smallest absolute Gasteiger partial charge is 0.243 e. The lowest BCUT2D eigenvalue weighted by Crippen LogP contribution is -2.43. The number of hydrogen-bond donors (Lipinski definition) is 1. The van der Waals surface area contributed by atoms with Crippen LogP contribution in [0.4, 0.5) is 4.39 Å². The molecule has 1 heterocycles. The third-order valence-corrected chi connectivity index (χ3v) is 7.78. The average Bonchev–Trinajstić information content (AvgIpc) is 2.75. The number of nitrogens with one attached hydrogen (secondary N) is 1. The topological polar surface area (TPSA) is 66.5 Å². The van der Waals surface area contributed by atoms with E-state index in [4.69, 9.17) is 11.6 Å². The van der Waals surface area contributed by atoms with Crippen LogP contribution in [0.1, 0.15) is 43.9 Å². The predicted molar refractivity (Wildman–Crippen MR) is 115 cm³/mol. The molecule has 1 unspecified atom stereocenters. The third kappa shape index (κ3) is 5.02. The Hall–Kier alpha value is -1.96. The maximum absolute atomic E-state index is 13.3. The van der Waals surface area contributed by atoms with Crippen molar-refractivity contribution in [1.29, 1.82) is 0 Å². The highest BCUT2D eigenvalue weighted by atomic mass is 35.5. The Morgan fingerprint density at radius 3 is 2.40 bits per heavy atom. The van der Waals surface area contributed by atoms with Crippen LogP contribution in [-0.2, 0) is 21.2 Å². The Bertz CT molecular complexity index is 1000. The first kappa shape index (κ1) is 22.7. The van der Waals surface area contributed by atoms with E-state index in [1.807, 2.05) is 19.1 Å². The van der Waals surface area contributed by atoms with E-state index in [1.165, 1.54) is 15.9 Å². The number of benzene rings is 2. The summed E-state index contributed by atoms with van der Waals surface area (Å²) in [6, 6.07) is 11.4. The molecule has 1 aliphatic rings. The average molecular weight is 453 g/mol. The molecule has 0 aliphatic carbocycles. The number of carbonyl (C=O) groups excluding carboxylic acids is 1. The van der Waals surface area contributed by atoms with Gasteiger partial charge in [0.2, 0.25) is 15.9 Å². The van der Waals surface area contributed by atoms with Crippen LogP contribution in [0.5, 0.6) is 0 Å². The Balaban J connectivity index is 1.58. The summed E-state index contributed by atoms with van der Waals surface area (Å²) in [7, 11) is -3.77. The molecular formula is C22H26ClFN2O3S. The van der Waals surface area contributed by atoms with E-state index >= 15 is 0 Å². The molecule has 3 rings (SSSR count). The van der Waals surface area contributed by atoms with Crippen molar-refractivity contribution in [3.8, 4) is 0 Å². The van der Waals surface area contributed by atoms with Crippen LogP contribution in [0.2, 0.25) is 5.02 Å². The second kappa shape index (κ2) is 9.45. The molecule has 2 aromatic carbocycles. The number of rotatable bonds is 6. The fourth-order valence-corrected chi connectivity index (χ4v) is 5.34. The quantitative estimate of drug-likeness (QED) is 0.709. The Kier molecular flexibility index (Phi) is 7.16. The van der Waals surface area contributed by atoms with Gasteiger partial charge >= 0.3 is 0 Å². The van der Waals surface area contributed by atoms with Crippen LogP contribution in [0.3, 0.4) is 0 Å². The first-order chi connectivity index (χ1) is 14.2. The SMILES string of the molecule is CCc1ccc(C(C)NC(=O)C2CCN(S(=O)(=O)c3ccc(F)c(Cl)c3)CC2)cc1. The maximum atomic E-state index is 13.3. The molecule has 0 spiro atoms. The summed E-state index contributed by atoms with van der Waals surface area (Å²) in [5.41, 5.74) is 2.28. The third-order valence-electron chi connectivity index (χ3n) is 5.60. The lowest BCUT2D eigenvalue weighted by atomic mass is 9.96. The molecule has 0 bridgehead atoms. The monoisotopic (exact) mass is 452 g/mol. The van der Waals surface area contributed by atoms with E-state index in [-0.39, 0.29) is 40.9 Å². The standard InChI is InChI=1S/C22H26ClFN2O3S/c1-3-16-4-6-17(7-5-16)15(2)25-22(27)18-10-12-26(13-11-18)30(28,29)19-8-9-21(24)20(23)14-19/h4-9,14-15,18H,3,10-13H2,1-2H3,(H,25,27). The number of aryl methyl sites for hydroxylation is 1. The van der Waals surface area contributed by atoms with Crippen molar-refractivity contribution in [2.75, 3.05) is 13.1 Å². The Morgan fingerprint density at radius 1 is 1.20 bits per heavy atom. The van der Waals surface area contributed by atoms with Crippen LogP contribution < -0.4 is 5.32 Å². The van der Waals surface area contributed by atoms with Crippen LogP contribution in [0, 0.1) is 11.7 Å². The minimum Gasteiger partial charge on any atom is -0.349 e. The van der Waals surface area contributed by atoms with Gasteiger partial charge in [0, 0.05) is 19.0 Å². The van der Waals surface area contributed by atoms with E-state index in [2.05, 4.69) is 24.4 Å². The fourth-order valence-electron chi connectivity index (χ4n) is 3.60. The molecule has 0 saturated carbocycles. The summed E-state index contributed by atoms with van der Waals surface area (Å²) in [5.74, 6) is -0.973. The number of carbonyl (C=O) groups is 1. The minimum absolute atomic E-state index is 0.0408. The fraction of sp³-hybridized carbons (Fsp3) is 0.409. The predicted octanol–water partition coefficient (Wildman–Crippen LogP) is 4.32. The summed E-state index contributed by atoms with van der Waals surface area (Å²) in [4.78, 5) is 12.6. The van der Waals surface area contributed by atoms with Gasteiger partial charge in [-0.3, -0.25) is 4.79 Å².